The Labute approximate surface area is 132 Å². The summed E-state index contributed by atoms with van der Waals surface area (Å²) in [4.78, 5) is 0. The number of nitrogens with two attached hydrogens (primary N) is 1. The van der Waals surface area contributed by atoms with Crippen molar-refractivity contribution in [3.63, 3.8) is 0 Å². The predicted octanol–water partition coefficient (Wildman–Crippen LogP) is 6.04. The Morgan fingerprint density at radius 2 is 1.52 bits per heavy atom. The van der Waals surface area contributed by atoms with Crippen molar-refractivity contribution in [3.05, 3.63) is 47.3 Å². The zero-order valence-corrected chi connectivity index (χ0v) is 15.4. The molecule has 0 saturated carbocycles. The second kappa shape index (κ2) is 16.9. The number of hydrogen-bond donors (Lipinski definition) is 1. The first-order valence-corrected chi connectivity index (χ1v) is 7.67. The topological polar surface area (TPSA) is 26.0 Å². The van der Waals surface area contributed by atoms with Crippen LogP contribution in [0.1, 0.15) is 59.1 Å². The molecule has 0 saturated heterocycles. The molecule has 0 radical (unpaired) electrons. The Hall–Kier alpha value is -1.15. The average molecular weight is 298 g/mol. The molecule has 21 heavy (non-hydrogen) atoms. The number of benzene rings is 1. The lowest BCUT2D eigenvalue weighted by Gasteiger charge is -1.95. The summed E-state index contributed by atoms with van der Waals surface area (Å²) in [6.45, 7) is 20.5. The van der Waals surface area contributed by atoms with Crippen LogP contribution in [0.15, 0.2) is 30.4 Å². The molecule has 2 heteroatoms. The second-order valence-corrected chi connectivity index (χ2v) is 5.67. The van der Waals surface area contributed by atoms with Crippen LogP contribution in [0, 0.1) is 25.6 Å². The molecule has 0 aliphatic rings. The SMILES string of the molecule is C=C(C)C.CCC(C)C.CCN.Cc1ccc(F)c(C)c1. The fourth-order valence-corrected chi connectivity index (χ4v) is 0.795. The highest BCUT2D eigenvalue weighted by Crippen LogP contribution is 2.06. The smallest absolute Gasteiger partial charge is 0.126 e. The summed E-state index contributed by atoms with van der Waals surface area (Å²) in [5, 5.41) is 0. The van der Waals surface area contributed by atoms with Gasteiger partial charge in [0.2, 0.25) is 0 Å². The van der Waals surface area contributed by atoms with Crippen LogP contribution in [0.25, 0.3) is 0 Å². The van der Waals surface area contributed by atoms with Gasteiger partial charge in [-0.2, -0.15) is 0 Å². The van der Waals surface area contributed by atoms with Crippen molar-refractivity contribution in [1.29, 1.82) is 0 Å². The highest BCUT2D eigenvalue weighted by atomic mass is 19.1. The molecule has 1 nitrogen and oxygen atoms in total. The third-order valence-corrected chi connectivity index (χ3v) is 2.13. The summed E-state index contributed by atoms with van der Waals surface area (Å²) in [5.74, 6) is 0.760. The van der Waals surface area contributed by atoms with Crippen LogP contribution in [0.3, 0.4) is 0 Å². The van der Waals surface area contributed by atoms with E-state index in [-0.39, 0.29) is 5.82 Å². The minimum Gasteiger partial charge on any atom is -0.331 e. The number of allylic oxidation sites excluding steroid dienone is 1. The van der Waals surface area contributed by atoms with Gasteiger partial charge >= 0.3 is 0 Å². The zero-order chi connectivity index (χ0) is 17.4. The molecule has 0 aromatic heterocycles. The highest BCUT2D eigenvalue weighted by Gasteiger charge is 1.93. The lowest BCUT2D eigenvalue weighted by Crippen LogP contribution is -1.87. The molecule has 0 atom stereocenters. The molecular weight excluding hydrogens is 261 g/mol. The lowest BCUT2D eigenvalue weighted by atomic mass is 10.1. The highest BCUT2D eigenvalue weighted by molar-refractivity contribution is 5.22. The van der Waals surface area contributed by atoms with Gasteiger partial charge < -0.3 is 5.73 Å². The maximum absolute atomic E-state index is 12.5. The summed E-state index contributed by atoms with van der Waals surface area (Å²) >= 11 is 0. The number of aryl methyl sites for hydroxylation is 2. The van der Waals surface area contributed by atoms with Crippen molar-refractivity contribution in [2.45, 2.75) is 61.8 Å². The van der Waals surface area contributed by atoms with E-state index in [0.717, 1.165) is 23.6 Å². The van der Waals surface area contributed by atoms with Gasteiger partial charge in [0, 0.05) is 0 Å². The van der Waals surface area contributed by atoms with Gasteiger partial charge in [0.25, 0.3) is 0 Å². The third kappa shape index (κ3) is 27.9. The van der Waals surface area contributed by atoms with Crippen molar-refractivity contribution in [1.82, 2.24) is 0 Å². The van der Waals surface area contributed by atoms with Crippen molar-refractivity contribution in [2.24, 2.45) is 11.7 Å². The van der Waals surface area contributed by atoms with Gasteiger partial charge in [-0.3, -0.25) is 0 Å². The van der Waals surface area contributed by atoms with Crippen LogP contribution in [-0.4, -0.2) is 6.54 Å². The van der Waals surface area contributed by atoms with E-state index in [9.17, 15) is 4.39 Å². The monoisotopic (exact) mass is 297 g/mol. The van der Waals surface area contributed by atoms with Gasteiger partial charge in [0.1, 0.15) is 5.82 Å². The van der Waals surface area contributed by atoms with E-state index >= 15 is 0 Å². The van der Waals surface area contributed by atoms with Crippen molar-refractivity contribution in [3.8, 4) is 0 Å². The summed E-state index contributed by atoms with van der Waals surface area (Å²) in [5.41, 5.74) is 7.84. The molecule has 0 aliphatic carbocycles. The molecule has 0 spiro atoms. The predicted molar refractivity (Wildman–Crippen MR) is 96.2 cm³/mol. The minimum absolute atomic E-state index is 0.124. The lowest BCUT2D eigenvalue weighted by molar-refractivity contribution is 0.618. The molecule has 0 bridgehead atoms. The van der Waals surface area contributed by atoms with Crippen LogP contribution in [-0.2, 0) is 0 Å². The van der Waals surface area contributed by atoms with E-state index in [2.05, 4.69) is 27.4 Å². The summed E-state index contributed by atoms with van der Waals surface area (Å²) < 4.78 is 12.5. The summed E-state index contributed by atoms with van der Waals surface area (Å²) in [7, 11) is 0. The maximum atomic E-state index is 12.5. The Morgan fingerprint density at radius 1 is 1.19 bits per heavy atom. The van der Waals surface area contributed by atoms with Gasteiger partial charge in [-0.05, 0) is 51.8 Å². The first-order valence-electron chi connectivity index (χ1n) is 7.67. The third-order valence-electron chi connectivity index (χ3n) is 2.13. The summed E-state index contributed by atoms with van der Waals surface area (Å²) in [6.07, 6.45) is 1.31. The Morgan fingerprint density at radius 3 is 1.71 bits per heavy atom. The quantitative estimate of drug-likeness (QED) is 0.628. The van der Waals surface area contributed by atoms with Crippen LogP contribution in [0.5, 0.6) is 0 Å². The molecular formula is C19H36FN. The number of hydrogen-bond acceptors (Lipinski definition) is 1. The molecule has 2 N–H and O–H groups in total. The molecule has 124 valence electrons. The molecule has 0 heterocycles. The van der Waals surface area contributed by atoms with Crippen molar-refractivity contribution >= 4 is 0 Å². The van der Waals surface area contributed by atoms with Gasteiger partial charge in [-0.25, -0.2) is 4.39 Å². The molecule has 1 rings (SSSR count). The normalized spacial score (nSPS) is 8.52. The van der Waals surface area contributed by atoms with Crippen molar-refractivity contribution < 1.29 is 4.39 Å². The first kappa shape index (κ1) is 24.8. The van der Waals surface area contributed by atoms with E-state index in [1.54, 1.807) is 13.0 Å². The number of halogens is 1. The second-order valence-electron chi connectivity index (χ2n) is 5.67. The Bertz CT molecular complexity index is 353. The Kier molecular flexibility index (Phi) is 20.0. The van der Waals surface area contributed by atoms with Crippen LogP contribution in [0.2, 0.25) is 0 Å². The van der Waals surface area contributed by atoms with Crippen LogP contribution in [0.4, 0.5) is 4.39 Å². The first-order chi connectivity index (χ1) is 9.61. The van der Waals surface area contributed by atoms with E-state index in [1.807, 2.05) is 33.8 Å². The number of rotatable bonds is 1. The molecule has 0 aliphatic heterocycles. The molecule has 1 aromatic carbocycles. The van der Waals surface area contributed by atoms with E-state index in [1.165, 1.54) is 18.1 Å². The maximum Gasteiger partial charge on any atom is 0.126 e. The molecule has 0 fully saturated rings. The zero-order valence-electron chi connectivity index (χ0n) is 15.4. The van der Waals surface area contributed by atoms with Gasteiger partial charge in [0.15, 0.2) is 0 Å². The fraction of sp³-hybridized carbons (Fsp3) is 0.579. The molecule has 0 unspecified atom stereocenters. The van der Waals surface area contributed by atoms with Gasteiger partial charge in [0.05, 0.1) is 0 Å². The van der Waals surface area contributed by atoms with E-state index in [0.29, 0.717) is 0 Å². The molecule has 0 amide bonds. The average Bonchev–Trinajstić information content (AvgIpc) is 2.35. The summed E-state index contributed by atoms with van der Waals surface area (Å²) in [6, 6.07) is 5.09. The Balaban J connectivity index is -0.000000232. The fourth-order valence-electron chi connectivity index (χ4n) is 0.795. The minimum atomic E-state index is -0.124. The van der Waals surface area contributed by atoms with E-state index in [4.69, 9.17) is 5.73 Å². The van der Waals surface area contributed by atoms with Crippen molar-refractivity contribution in [2.75, 3.05) is 6.54 Å². The van der Waals surface area contributed by atoms with Crippen LogP contribution < -0.4 is 5.73 Å². The van der Waals surface area contributed by atoms with E-state index < -0.39 is 0 Å². The van der Waals surface area contributed by atoms with Crippen LogP contribution >= 0.6 is 0 Å². The van der Waals surface area contributed by atoms with Gasteiger partial charge in [-0.1, -0.05) is 57.4 Å². The largest absolute Gasteiger partial charge is 0.331 e. The molecule has 1 aromatic rings. The van der Waals surface area contributed by atoms with Gasteiger partial charge in [-0.15, -0.1) is 6.58 Å². The standard InChI is InChI=1S/C8H9F.C5H12.C4H8.C2H7N/c1-6-3-4-8(9)7(2)5-6;1-4-5(2)3;1-4(2)3;1-2-3/h3-5H,1-2H3;5H,4H2,1-3H3;1H2,2-3H3;2-3H2,1H3.